The predicted molar refractivity (Wildman–Crippen MR) is 59.8 cm³/mol. The summed E-state index contributed by atoms with van der Waals surface area (Å²) in [5.41, 5.74) is 0. The maximum atomic E-state index is 8.64. The van der Waals surface area contributed by atoms with Gasteiger partial charge in [0, 0.05) is 10.8 Å². The third-order valence-corrected chi connectivity index (χ3v) is 2.95. The highest BCUT2D eigenvalue weighted by molar-refractivity contribution is 7.13. The molecular formula is C12H9NS. The van der Waals surface area contributed by atoms with Crippen molar-refractivity contribution in [3.05, 3.63) is 52.3 Å². The van der Waals surface area contributed by atoms with E-state index in [2.05, 4.69) is 30.4 Å². The lowest BCUT2D eigenvalue weighted by Crippen LogP contribution is -1.78. The fourth-order valence-corrected chi connectivity index (χ4v) is 2.00. The second-order valence-electron chi connectivity index (χ2n) is 3.02. The Hall–Kier alpha value is -1.59. The second-order valence-corrected chi connectivity index (χ2v) is 4.14. The number of nitriles is 1. The lowest BCUT2D eigenvalue weighted by molar-refractivity contribution is 1.10. The van der Waals surface area contributed by atoms with E-state index in [1.807, 2.05) is 24.3 Å². The van der Waals surface area contributed by atoms with E-state index in [0.29, 0.717) is 5.92 Å². The quantitative estimate of drug-likeness (QED) is 0.716. The molecule has 0 radical (unpaired) electrons. The van der Waals surface area contributed by atoms with Crippen molar-refractivity contribution < 1.29 is 0 Å². The van der Waals surface area contributed by atoms with Crippen LogP contribution in [0.25, 0.3) is 6.08 Å². The van der Waals surface area contributed by atoms with Crippen molar-refractivity contribution in [3.63, 3.8) is 0 Å². The van der Waals surface area contributed by atoms with Gasteiger partial charge in [0.15, 0.2) is 0 Å². The van der Waals surface area contributed by atoms with Crippen molar-refractivity contribution in [1.29, 1.82) is 5.26 Å². The van der Waals surface area contributed by atoms with E-state index >= 15 is 0 Å². The van der Waals surface area contributed by atoms with Crippen molar-refractivity contribution in [2.45, 2.75) is 0 Å². The molecule has 0 saturated heterocycles. The van der Waals surface area contributed by atoms with E-state index in [4.69, 9.17) is 5.26 Å². The average molecular weight is 199 g/mol. The summed E-state index contributed by atoms with van der Waals surface area (Å²) in [7, 11) is 0. The van der Waals surface area contributed by atoms with Gasteiger partial charge in [0.2, 0.25) is 0 Å². The van der Waals surface area contributed by atoms with Crippen LogP contribution >= 0.6 is 11.3 Å². The summed E-state index contributed by atoms with van der Waals surface area (Å²) in [5, 5.41) is 8.64. The molecule has 1 heterocycles. The van der Waals surface area contributed by atoms with E-state index in [0.717, 1.165) is 9.75 Å². The summed E-state index contributed by atoms with van der Waals surface area (Å²) in [6, 6.07) is 5.96. The molecule has 0 atom stereocenters. The Kier molecular flexibility index (Phi) is 2.62. The SMILES string of the molecule is N#Cc1ccc(/C=C/C2C=CC=C2)s1. The van der Waals surface area contributed by atoms with E-state index in [1.165, 1.54) is 11.3 Å². The monoisotopic (exact) mass is 199 g/mol. The molecule has 1 aromatic rings. The normalized spacial score (nSPS) is 15.4. The average Bonchev–Trinajstić information content (AvgIpc) is 2.86. The van der Waals surface area contributed by atoms with Crippen LogP contribution in [-0.2, 0) is 0 Å². The molecule has 0 bridgehead atoms. The van der Waals surface area contributed by atoms with Crippen LogP contribution in [0.5, 0.6) is 0 Å². The number of nitrogens with zero attached hydrogens (tertiary/aromatic N) is 1. The Morgan fingerprint density at radius 3 is 2.71 bits per heavy atom. The molecule has 0 amide bonds. The molecule has 0 aliphatic heterocycles. The summed E-state index contributed by atoms with van der Waals surface area (Å²) < 4.78 is 0. The van der Waals surface area contributed by atoms with Crippen LogP contribution in [0.1, 0.15) is 9.75 Å². The van der Waals surface area contributed by atoms with E-state index in [9.17, 15) is 0 Å². The van der Waals surface area contributed by atoms with Crippen molar-refractivity contribution in [2.75, 3.05) is 0 Å². The van der Waals surface area contributed by atoms with Gasteiger partial charge in [-0.2, -0.15) is 5.26 Å². The molecular weight excluding hydrogens is 190 g/mol. The molecule has 68 valence electrons. The lowest BCUT2D eigenvalue weighted by Gasteiger charge is -1.93. The molecule has 0 saturated carbocycles. The van der Waals surface area contributed by atoms with Gasteiger partial charge < -0.3 is 0 Å². The topological polar surface area (TPSA) is 23.8 Å². The maximum Gasteiger partial charge on any atom is 0.110 e. The predicted octanol–water partition coefficient (Wildman–Crippen LogP) is 3.38. The first kappa shape index (κ1) is 8.98. The molecule has 1 nitrogen and oxygen atoms in total. The Morgan fingerprint density at radius 2 is 2.07 bits per heavy atom. The Balaban J connectivity index is 2.07. The third-order valence-electron chi connectivity index (χ3n) is 2.00. The first-order valence-electron chi connectivity index (χ1n) is 4.41. The molecule has 2 heteroatoms. The van der Waals surface area contributed by atoms with Crippen molar-refractivity contribution in [2.24, 2.45) is 5.92 Å². The molecule has 0 spiro atoms. The third kappa shape index (κ3) is 2.01. The molecule has 0 unspecified atom stereocenters. The number of thiophene rings is 1. The van der Waals surface area contributed by atoms with Crippen molar-refractivity contribution in [3.8, 4) is 6.07 Å². The zero-order valence-corrected chi connectivity index (χ0v) is 8.37. The number of rotatable bonds is 2. The van der Waals surface area contributed by atoms with Gasteiger partial charge >= 0.3 is 0 Å². The summed E-state index contributed by atoms with van der Waals surface area (Å²) in [4.78, 5) is 1.90. The van der Waals surface area contributed by atoms with E-state index < -0.39 is 0 Å². The van der Waals surface area contributed by atoms with Gasteiger partial charge in [0.25, 0.3) is 0 Å². The zero-order chi connectivity index (χ0) is 9.80. The molecule has 2 rings (SSSR count). The van der Waals surface area contributed by atoms with Crippen LogP contribution in [0.2, 0.25) is 0 Å². The summed E-state index contributed by atoms with van der Waals surface area (Å²) >= 11 is 1.52. The van der Waals surface area contributed by atoms with E-state index in [1.54, 1.807) is 0 Å². The second kappa shape index (κ2) is 4.08. The highest BCUT2D eigenvalue weighted by atomic mass is 32.1. The van der Waals surface area contributed by atoms with Crippen LogP contribution in [0, 0.1) is 17.2 Å². The minimum atomic E-state index is 0.419. The van der Waals surface area contributed by atoms with Gasteiger partial charge in [-0.15, -0.1) is 11.3 Å². The molecule has 1 aliphatic carbocycles. The van der Waals surface area contributed by atoms with Crippen LogP contribution in [0.3, 0.4) is 0 Å². The lowest BCUT2D eigenvalue weighted by atomic mass is 10.1. The minimum absolute atomic E-state index is 0.419. The Labute approximate surface area is 87.3 Å². The van der Waals surface area contributed by atoms with Gasteiger partial charge in [0.05, 0.1) is 0 Å². The molecule has 0 N–H and O–H groups in total. The van der Waals surface area contributed by atoms with Gasteiger partial charge in [0.1, 0.15) is 10.9 Å². The van der Waals surface area contributed by atoms with Crippen molar-refractivity contribution in [1.82, 2.24) is 0 Å². The fraction of sp³-hybridized carbons (Fsp3) is 0.0833. The number of hydrogen-bond acceptors (Lipinski definition) is 2. The first-order valence-corrected chi connectivity index (χ1v) is 5.23. The van der Waals surface area contributed by atoms with Crippen LogP contribution in [0.4, 0.5) is 0 Å². The van der Waals surface area contributed by atoms with Crippen LogP contribution in [-0.4, -0.2) is 0 Å². The Morgan fingerprint density at radius 1 is 1.29 bits per heavy atom. The molecule has 14 heavy (non-hydrogen) atoms. The highest BCUT2D eigenvalue weighted by Gasteiger charge is 1.99. The maximum absolute atomic E-state index is 8.64. The summed E-state index contributed by atoms with van der Waals surface area (Å²) in [6.07, 6.45) is 12.6. The molecule has 0 fully saturated rings. The standard InChI is InChI=1S/C12H9NS/c13-9-12-8-7-11(14-12)6-5-10-3-1-2-4-10/h1-8,10H/b6-5+. The number of hydrogen-bond donors (Lipinski definition) is 0. The molecule has 1 aliphatic rings. The largest absolute Gasteiger partial charge is 0.192 e. The van der Waals surface area contributed by atoms with Gasteiger partial charge in [-0.3, -0.25) is 0 Å². The van der Waals surface area contributed by atoms with Gasteiger partial charge in [-0.05, 0) is 18.2 Å². The first-order chi connectivity index (χ1) is 6.88. The Bertz CT molecular complexity index is 431. The van der Waals surface area contributed by atoms with Gasteiger partial charge in [-0.1, -0.05) is 30.4 Å². The summed E-state index contributed by atoms with van der Waals surface area (Å²) in [5.74, 6) is 0.419. The fourth-order valence-electron chi connectivity index (χ4n) is 1.29. The smallest absolute Gasteiger partial charge is 0.110 e. The zero-order valence-electron chi connectivity index (χ0n) is 7.55. The highest BCUT2D eigenvalue weighted by Crippen LogP contribution is 2.19. The van der Waals surface area contributed by atoms with Crippen molar-refractivity contribution >= 4 is 17.4 Å². The van der Waals surface area contributed by atoms with Crippen LogP contribution in [0.15, 0.2) is 42.5 Å². The van der Waals surface area contributed by atoms with Crippen LogP contribution < -0.4 is 0 Å². The van der Waals surface area contributed by atoms with Gasteiger partial charge in [-0.25, -0.2) is 0 Å². The molecule has 1 aromatic heterocycles. The van der Waals surface area contributed by atoms with E-state index in [-0.39, 0.29) is 0 Å². The molecule has 0 aromatic carbocycles. The summed E-state index contributed by atoms with van der Waals surface area (Å²) in [6.45, 7) is 0. The number of allylic oxidation sites excluding steroid dienone is 5. The minimum Gasteiger partial charge on any atom is -0.192 e.